The average molecular weight is 338 g/mol. The number of nitrogens with one attached hydrogen (secondary N) is 1. The number of para-hydroxylation sites is 1. The van der Waals surface area contributed by atoms with Crippen LogP contribution in [0.3, 0.4) is 0 Å². The third-order valence-corrected chi connectivity index (χ3v) is 5.66. The number of ether oxygens (including phenoxy) is 1. The zero-order chi connectivity index (χ0) is 16.5. The maximum atomic E-state index is 12.7. The lowest BCUT2D eigenvalue weighted by atomic mass is 10.1. The standard InChI is InChI=1S/C13H17F3N2O3S/c1-9-10(2)18(8-7-17-9)22(19,20)12-6-4-3-5-11(12)21-13(14,15)16/h3-6,9-10,17H,7-8H2,1-2H3. The largest absolute Gasteiger partial charge is 0.573 e. The van der Waals surface area contributed by atoms with Crippen LogP contribution in [0.2, 0.25) is 0 Å². The molecule has 0 aliphatic carbocycles. The van der Waals surface area contributed by atoms with Gasteiger partial charge in [-0.05, 0) is 26.0 Å². The number of piperazine rings is 1. The molecule has 0 bridgehead atoms. The monoisotopic (exact) mass is 338 g/mol. The number of alkyl halides is 3. The predicted octanol–water partition coefficient (Wildman–Crippen LogP) is 1.96. The van der Waals surface area contributed by atoms with Gasteiger partial charge in [0.05, 0.1) is 0 Å². The first-order chi connectivity index (χ1) is 10.1. The van der Waals surface area contributed by atoms with E-state index in [-0.39, 0.29) is 18.6 Å². The van der Waals surface area contributed by atoms with E-state index in [0.29, 0.717) is 6.54 Å². The molecular formula is C13H17F3N2O3S. The highest BCUT2D eigenvalue weighted by molar-refractivity contribution is 7.89. The fourth-order valence-corrected chi connectivity index (χ4v) is 4.18. The van der Waals surface area contributed by atoms with Crippen LogP contribution in [0.5, 0.6) is 5.75 Å². The first-order valence-corrected chi connectivity index (χ1v) is 8.17. The lowest BCUT2D eigenvalue weighted by molar-refractivity contribution is -0.275. The van der Waals surface area contributed by atoms with Crippen LogP contribution < -0.4 is 10.1 Å². The van der Waals surface area contributed by atoms with Gasteiger partial charge >= 0.3 is 6.36 Å². The van der Waals surface area contributed by atoms with Crippen LogP contribution in [0.1, 0.15) is 13.8 Å². The highest BCUT2D eigenvalue weighted by atomic mass is 32.2. The second-order valence-corrected chi connectivity index (χ2v) is 6.95. The van der Waals surface area contributed by atoms with E-state index < -0.39 is 27.0 Å². The van der Waals surface area contributed by atoms with Crippen molar-refractivity contribution < 1.29 is 26.3 Å². The van der Waals surface area contributed by atoms with Crippen molar-refractivity contribution in [2.75, 3.05) is 13.1 Å². The molecule has 2 rings (SSSR count). The van der Waals surface area contributed by atoms with Crippen molar-refractivity contribution in [3.05, 3.63) is 24.3 Å². The molecule has 0 saturated carbocycles. The van der Waals surface area contributed by atoms with E-state index in [1.807, 2.05) is 6.92 Å². The lowest BCUT2D eigenvalue weighted by Crippen LogP contribution is -2.57. The minimum absolute atomic E-state index is 0.0979. The number of sulfonamides is 1. The zero-order valence-corrected chi connectivity index (χ0v) is 12.9. The summed E-state index contributed by atoms with van der Waals surface area (Å²) in [6.45, 7) is 4.16. The summed E-state index contributed by atoms with van der Waals surface area (Å²) >= 11 is 0. The quantitative estimate of drug-likeness (QED) is 0.915. The first kappa shape index (κ1) is 17.0. The Morgan fingerprint density at radius 3 is 2.55 bits per heavy atom. The zero-order valence-electron chi connectivity index (χ0n) is 12.1. The van der Waals surface area contributed by atoms with Gasteiger partial charge in [0.25, 0.3) is 0 Å². The number of halogens is 3. The number of hydrogen-bond acceptors (Lipinski definition) is 4. The summed E-state index contributed by atoms with van der Waals surface area (Å²) in [5.74, 6) is -0.714. The fourth-order valence-electron chi connectivity index (χ4n) is 2.36. The van der Waals surface area contributed by atoms with E-state index in [1.54, 1.807) is 6.92 Å². The number of hydrogen-bond donors (Lipinski definition) is 1. The van der Waals surface area contributed by atoms with Crippen molar-refractivity contribution in [3.63, 3.8) is 0 Å². The molecule has 1 N–H and O–H groups in total. The van der Waals surface area contributed by atoms with Gasteiger partial charge in [0.1, 0.15) is 10.6 Å². The number of benzene rings is 1. The summed E-state index contributed by atoms with van der Waals surface area (Å²) in [7, 11) is -4.08. The van der Waals surface area contributed by atoms with Crippen LogP contribution in [0.15, 0.2) is 29.2 Å². The average Bonchev–Trinajstić information content (AvgIpc) is 2.40. The minimum Gasteiger partial charge on any atom is -0.404 e. The van der Waals surface area contributed by atoms with Crippen LogP contribution in [-0.2, 0) is 10.0 Å². The summed E-state index contributed by atoms with van der Waals surface area (Å²) in [4.78, 5) is -0.478. The summed E-state index contributed by atoms with van der Waals surface area (Å²) in [6.07, 6.45) is -4.95. The molecule has 2 unspecified atom stereocenters. The number of nitrogens with zero attached hydrogens (tertiary/aromatic N) is 1. The molecule has 1 saturated heterocycles. The molecule has 5 nitrogen and oxygen atoms in total. The molecular weight excluding hydrogens is 321 g/mol. The molecule has 1 aromatic rings. The molecule has 1 aliphatic rings. The Morgan fingerprint density at radius 1 is 1.27 bits per heavy atom. The molecule has 0 radical (unpaired) electrons. The van der Waals surface area contributed by atoms with Crippen molar-refractivity contribution in [1.82, 2.24) is 9.62 Å². The van der Waals surface area contributed by atoms with E-state index in [1.165, 1.54) is 16.4 Å². The number of rotatable bonds is 3. The third kappa shape index (κ3) is 3.53. The van der Waals surface area contributed by atoms with E-state index in [0.717, 1.165) is 12.1 Å². The molecule has 1 heterocycles. The van der Waals surface area contributed by atoms with Crippen LogP contribution in [0.4, 0.5) is 13.2 Å². The Hall–Kier alpha value is -1.32. The molecule has 1 aromatic carbocycles. The topological polar surface area (TPSA) is 58.6 Å². The van der Waals surface area contributed by atoms with Crippen molar-refractivity contribution in [2.45, 2.75) is 37.2 Å². The highest BCUT2D eigenvalue weighted by Crippen LogP contribution is 2.32. The highest BCUT2D eigenvalue weighted by Gasteiger charge is 2.38. The van der Waals surface area contributed by atoms with Gasteiger partial charge in [0.15, 0.2) is 0 Å². The molecule has 0 aromatic heterocycles. The van der Waals surface area contributed by atoms with E-state index in [9.17, 15) is 21.6 Å². The van der Waals surface area contributed by atoms with Crippen LogP contribution >= 0.6 is 0 Å². The normalized spacial score (nSPS) is 24.2. The lowest BCUT2D eigenvalue weighted by Gasteiger charge is -2.37. The minimum atomic E-state index is -4.95. The molecule has 0 spiro atoms. The maximum Gasteiger partial charge on any atom is 0.573 e. The first-order valence-electron chi connectivity index (χ1n) is 6.73. The van der Waals surface area contributed by atoms with Crippen molar-refractivity contribution in [2.24, 2.45) is 0 Å². The van der Waals surface area contributed by atoms with Crippen molar-refractivity contribution in [3.8, 4) is 5.75 Å². The van der Waals surface area contributed by atoms with Crippen LogP contribution in [0.25, 0.3) is 0 Å². The summed E-state index contributed by atoms with van der Waals surface area (Å²) in [6, 6.07) is 4.31. The van der Waals surface area contributed by atoms with E-state index >= 15 is 0 Å². The van der Waals surface area contributed by atoms with Crippen molar-refractivity contribution >= 4 is 10.0 Å². The Kier molecular flexibility index (Phi) is 4.69. The maximum absolute atomic E-state index is 12.7. The Labute approximate surface area is 127 Å². The molecule has 22 heavy (non-hydrogen) atoms. The molecule has 124 valence electrons. The molecule has 0 amide bonds. The molecule has 1 aliphatic heterocycles. The summed E-state index contributed by atoms with van der Waals surface area (Å²) < 4.78 is 67.8. The van der Waals surface area contributed by atoms with E-state index in [4.69, 9.17) is 0 Å². The Morgan fingerprint density at radius 2 is 1.91 bits per heavy atom. The second kappa shape index (κ2) is 6.05. The van der Waals surface area contributed by atoms with Crippen LogP contribution in [-0.4, -0.2) is 44.3 Å². The van der Waals surface area contributed by atoms with Gasteiger partial charge in [-0.15, -0.1) is 13.2 Å². The van der Waals surface area contributed by atoms with Gasteiger partial charge in [0, 0.05) is 25.2 Å². The summed E-state index contributed by atoms with van der Waals surface area (Å²) in [5, 5.41) is 3.12. The Bertz CT molecular complexity index is 634. The van der Waals surface area contributed by atoms with Gasteiger partial charge in [0.2, 0.25) is 10.0 Å². The van der Waals surface area contributed by atoms with Crippen LogP contribution in [0, 0.1) is 0 Å². The fraction of sp³-hybridized carbons (Fsp3) is 0.538. The molecule has 2 atom stereocenters. The van der Waals surface area contributed by atoms with E-state index in [2.05, 4.69) is 10.1 Å². The van der Waals surface area contributed by atoms with Gasteiger partial charge in [-0.3, -0.25) is 0 Å². The van der Waals surface area contributed by atoms with Crippen molar-refractivity contribution in [1.29, 1.82) is 0 Å². The SMILES string of the molecule is CC1NCCN(S(=O)(=O)c2ccccc2OC(F)(F)F)C1C. The smallest absolute Gasteiger partial charge is 0.404 e. The van der Waals surface area contributed by atoms with Gasteiger partial charge in [-0.2, -0.15) is 4.31 Å². The second-order valence-electron chi connectivity index (χ2n) is 5.09. The molecule has 1 fully saturated rings. The Balaban J connectivity index is 2.41. The summed E-state index contributed by atoms with van der Waals surface area (Å²) in [5.41, 5.74) is 0. The molecule has 9 heteroatoms. The van der Waals surface area contributed by atoms with Gasteiger partial charge in [-0.1, -0.05) is 12.1 Å². The van der Waals surface area contributed by atoms with Gasteiger partial charge in [-0.25, -0.2) is 8.42 Å². The predicted molar refractivity (Wildman–Crippen MR) is 73.9 cm³/mol. The van der Waals surface area contributed by atoms with Gasteiger partial charge < -0.3 is 10.1 Å². The third-order valence-electron chi connectivity index (χ3n) is 3.64.